The first-order chi connectivity index (χ1) is 12.3. The van der Waals surface area contributed by atoms with Gasteiger partial charge in [-0.05, 0) is 73.7 Å². The minimum absolute atomic E-state index is 0.153. The molecule has 0 spiro atoms. The van der Waals surface area contributed by atoms with E-state index in [1.165, 1.54) is 49.9 Å². The normalized spacial score (nSPS) is 24.8. The van der Waals surface area contributed by atoms with Crippen LogP contribution >= 0.6 is 0 Å². The molecule has 2 heterocycles. The Bertz CT molecular complexity index is 644. The Kier molecular flexibility index (Phi) is 5.17. The van der Waals surface area contributed by atoms with Gasteiger partial charge in [-0.2, -0.15) is 0 Å². The van der Waals surface area contributed by atoms with Gasteiger partial charge in [0.15, 0.2) is 0 Å². The average molecular weight is 337 g/mol. The molecule has 1 atom stereocenters. The molecule has 2 aromatic carbocycles. The van der Waals surface area contributed by atoms with Crippen LogP contribution in [-0.2, 0) is 0 Å². The van der Waals surface area contributed by atoms with Crippen molar-refractivity contribution in [3.63, 3.8) is 0 Å². The van der Waals surface area contributed by atoms with Crippen molar-refractivity contribution >= 4 is 0 Å². The highest BCUT2D eigenvalue weighted by molar-refractivity contribution is 5.32. The van der Waals surface area contributed by atoms with Crippen LogP contribution in [0.15, 0.2) is 54.6 Å². The van der Waals surface area contributed by atoms with Gasteiger partial charge in [0, 0.05) is 19.0 Å². The molecule has 2 saturated heterocycles. The van der Waals surface area contributed by atoms with Crippen LogP contribution in [0, 0.1) is 17.7 Å². The molecule has 132 valence electrons. The van der Waals surface area contributed by atoms with Gasteiger partial charge in [-0.1, -0.05) is 42.5 Å². The molecule has 3 aliphatic rings. The molecule has 2 aliphatic heterocycles. The molecule has 2 bridgehead atoms. The molecule has 0 radical (unpaired) electrons. The maximum Gasteiger partial charge on any atom is 0.123 e. The van der Waals surface area contributed by atoms with Crippen LogP contribution in [0.25, 0.3) is 0 Å². The molecule has 1 unspecified atom stereocenters. The van der Waals surface area contributed by atoms with E-state index in [2.05, 4.69) is 35.2 Å². The van der Waals surface area contributed by atoms with Crippen LogP contribution in [-0.4, -0.2) is 24.5 Å². The van der Waals surface area contributed by atoms with Gasteiger partial charge in [-0.3, -0.25) is 0 Å². The van der Waals surface area contributed by atoms with Gasteiger partial charge in [0.1, 0.15) is 5.82 Å². The first-order valence-electron chi connectivity index (χ1n) is 9.80. The second-order valence-corrected chi connectivity index (χ2v) is 7.95. The monoisotopic (exact) mass is 337 g/mol. The zero-order valence-corrected chi connectivity index (χ0v) is 14.9. The fraction of sp³-hybridized carbons (Fsp3) is 0.478. The number of benzene rings is 2. The molecular formula is C23H28FN. The molecule has 2 heteroatoms. The van der Waals surface area contributed by atoms with Gasteiger partial charge in [0.25, 0.3) is 0 Å². The van der Waals surface area contributed by atoms with Crippen LogP contribution in [0.4, 0.5) is 4.39 Å². The summed E-state index contributed by atoms with van der Waals surface area (Å²) in [5, 5.41) is 0. The van der Waals surface area contributed by atoms with Gasteiger partial charge in [0.05, 0.1) is 0 Å². The molecule has 25 heavy (non-hydrogen) atoms. The largest absolute Gasteiger partial charge is 0.303 e. The molecule has 3 fully saturated rings. The molecule has 1 nitrogen and oxygen atoms in total. The maximum absolute atomic E-state index is 13.4. The Morgan fingerprint density at radius 3 is 1.96 bits per heavy atom. The summed E-state index contributed by atoms with van der Waals surface area (Å²) >= 11 is 0. The van der Waals surface area contributed by atoms with E-state index in [4.69, 9.17) is 0 Å². The average Bonchev–Trinajstić information content (AvgIpc) is 2.97. The van der Waals surface area contributed by atoms with E-state index in [1.54, 1.807) is 12.1 Å². The van der Waals surface area contributed by atoms with Gasteiger partial charge < -0.3 is 4.90 Å². The quantitative estimate of drug-likeness (QED) is 0.699. The number of hydrogen-bond acceptors (Lipinski definition) is 1. The van der Waals surface area contributed by atoms with E-state index >= 15 is 0 Å². The van der Waals surface area contributed by atoms with Crippen molar-refractivity contribution in [3.8, 4) is 0 Å². The Morgan fingerprint density at radius 2 is 1.36 bits per heavy atom. The second kappa shape index (κ2) is 7.70. The highest BCUT2D eigenvalue weighted by Gasteiger charge is 2.29. The van der Waals surface area contributed by atoms with Crippen LogP contribution in [0.5, 0.6) is 0 Å². The van der Waals surface area contributed by atoms with Crippen LogP contribution in [0.1, 0.15) is 49.1 Å². The number of nitrogens with zero attached hydrogens (tertiary/aromatic N) is 1. The smallest absolute Gasteiger partial charge is 0.123 e. The topological polar surface area (TPSA) is 3.24 Å². The predicted molar refractivity (Wildman–Crippen MR) is 101 cm³/mol. The third kappa shape index (κ3) is 4.12. The lowest BCUT2D eigenvalue weighted by Crippen LogP contribution is -2.30. The summed E-state index contributed by atoms with van der Waals surface area (Å²) in [5.41, 5.74) is 2.57. The Balaban J connectivity index is 1.49. The Labute approximate surface area is 150 Å². The summed E-state index contributed by atoms with van der Waals surface area (Å²) < 4.78 is 13.4. The summed E-state index contributed by atoms with van der Waals surface area (Å²) in [6.45, 7) is 3.70. The van der Waals surface area contributed by atoms with E-state index < -0.39 is 0 Å². The standard InChI is InChI=1S/C23H28FN/c24-22-12-10-21(11-13-22)23(20-4-2-1-3-5-20)14-15-25-16-18-6-7-19(17-25)9-8-18/h1-5,10-13,18-19,23H,6-9,14-17H2. The minimum Gasteiger partial charge on any atom is -0.303 e. The zero-order chi connectivity index (χ0) is 17.1. The Hall–Kier alpha value is -1.67. The lowest BCUT2D eigenvalue weighted by atomic mass is 9.84. The molecular weight excluding hydrogens is 309 g/mol. The minimum atomic E-state index is -0.153. The Morgan fingerprint density at radius 1 is 0.800 bits per heavy atom. The molecule has 5 rings (SSSR count). The van der Waals surface area contributed by atoms with Crippen LogP contribution < -0.4 is 0 Å². The maximum atomic E-state index is 13.4. The predicted octanol–water partition coefficient (Wildman–Crippen LogP) is 5.47. The first kappa shape index (κ1) is 16.8. The summed E-state index contributed by atoms with van der Waals surface area (Å²) in [5.74, 6) is 2.03. The molecule has 0 N–H and O–H groups in total. The van der Waals surface area contributed by atoms with E-state index in [9.17, 15) is 4.39 Å². The fourth-order valence-corrected chi connectivity index (χ4v) is 4.80. The molecule has 1 aliphatic carbocycles. The summed E-state index contributed by atoms with van der Waals surface area (Å²) in [7, 11) is 0. The lowest BCUT2D eigenvalue weighted by Gasteiger charge is -2.26. The number of fused-ring (bicyclic) bond motifs is 4. The van der Waals surface area contributed by atoms with Gasteiger partial charge in [-0.15, -0.1) is 0 Å². The van der Waals surface area contributed by atoms with Crippen molar-refractivity contribution in [1.82, 2.24) is 4.90 Å². The first-order valence-corrected chi connectivity index (χ1v) is 9.80. The SMILES string of the molecule is Fc1ccc(C(CCN2CC3CCC(CC3)C2)c2ccccc2)cc1. The van der Waals surface area contributed by atoms with Gasteiger partial charge in [0.2, 0.25) is 0 Å². The van der Waals surface area contributed by atoms with Crippen LogP contribution in [0.3, 0.4) is 0 Å². The molecule has 0 amide bonds. The number of halogens is 1. The summed E-state index contributed by atoms with van der Waals surface area (Å²) in [6.07, 6.45) is 6.83. The van der Waals surface area contributed by atoms with Crippen molar-refractivity contribution < 1.29 is 4.39 Å². The zero-order valence-electron chi connectivity index (χ0n) is 14.9. The fourth-order valence-electron chi connectivity index (χ4n) is 4.80. The third-order valence-electron chi connectivity index (χ3n) is 6.21. The van der Waals surface area contributed by atoms with E-state index in [-0.39, 0.29) is 5.82 Å². The van der Waals surface area contributed by atoms with Crippen molar-refractivity contribution in [2.45, 2.75) is 38.0 Å². The number of hydrogen-bond donors (Lipinski definition) is 0. The second-order valence-electron chi connectivity index (χ2n) is 7.95. The van der Waals surface area contributed by atoms with E-state index in [0.29, 0.717) is 5.92 Å². The highest BCUT2D eigenvalue weighted by atomic mass is 19.1. The summed E-state index contributed by atoms with van der Waals surface area (Å²) in [4.78, 5) is 2.70. The molecule has 1 saturated carbocycles. The number of rotatable bonds is 5. The van der Waals surface area contributed by atoms with Gasteiger partial charge >= 0.3 is 0 Å². The van der Waals surface area contributed by atoms with Crippen LogP contribution in [0.2, 0.25) is 0 Å². The third-order valence-corrected chi connectivity index (χ3v) is 6.21. The summed E-state index contributed by atoms with van der Waals surface area (Å²) in [6, 6.07) is 17.8. The van der Waals surface area contributed by atoms with Gasteiger partial charge in [-0.25, -0.2) is 4.39 Å². The van der Waals surface area contributed by atoms with E-state index in [0.717, 1.165) is 24.8 Å². The lowest BCUT2D eigenvalue weighted by molar-refractivity contribution is 0.246. The van der Waals surface area contributed by atoms with E-state index in [1.807, 2.05) is 12.1 Å². The van der Waals surface area contributed by atoms with Crippen molar-refractivity contribution in [1.29, 1.82) is 0 Å². The highest BCUT2D eigenvalue weighted by Crippen LogP contribution is 2.35. The molecule has 2 aromatic rings. The van der Waals surface area contributed by atoms with Crippen molar-refractivity contribution in [2.75, 3.05) is 19.6 Å². The molecule has 0 aromatic heterocycles. The van der Waals surface area contributed by atoms with Crippen molar-refractivity contribution in [2.24, 2.45) is 11.8 Å². The van der Waals surface area contributed by atoms with Crippen molar-refractivity contribution in [3.05, 3.63) is 71.5 Å².